The third kappa shape index (κ3) is 2.85. The number of nitriles is 1. The molecule has 1 aromatic rings. The number of hydrogen-bond acceptors (Lipinski definition) is 5. The van der Waals surface area contributed by atoms with E-state index in [1.165, 1.54) is 7.11 Å². The topological polar surface area (TPSA) is 82.3 Å². The highest BCUT2D eigenvalue weighted by Gasteiger charge is 2.42. The van der Waals surface area contributed by atoms with E-state index >= 15 is 0 Å². The predicted octanol–water partition coefficient (Wildman–Crippen LogP) is 4.18. The molecular weight excluding hydrogens is 352 g/mol. The zero-order valence-electron chi connectivity index (χ0n) is 15.2. The minimum absolute atomic E-state index is 0.000347. The molecule has 0 unspecified atom stereocenters. The molecule has 2 N–H and O–H groups in total. The lowest BCUT2D eigenvalue weighted by molar-refractivity contribution is -0.118. The van der Waals surface area contributed by atoms with Crippen LogP contribution < -0.4 is 10.1 Å². The van der Waals surface area contributed by atoms with E-state index in [1.54, 1.807) is 12.1 Å². The molecule has 0 spiro atoms. The lowest BCUT2D eigenvalue weighted by Gasteiger charge is -2.38. The minimum atomic E-state index is -0.593. The van der Waals surface area contributed by atoms with Gasteiger partial charge in [-0.15, -0.1) is 0 Å². The van der Waals surface area contributed by atoms with Crippen molar-refractivity contribution in [1.82, 2.24) is 5.32 Å². The zero-order valence-corrected chi connectivity index (χ0v) is 16.0. The molecule has 0 amide bonds. The van der Waals surface area contributed by atoms with Crippen molar-refractivity contribution in [2.75, 3.05) is 7.11 Å². The van der Waals surface area contributed by atoms with Crippen LogP contribution in [0.15, 0.2) is 34.7 Å². The Morgan fingerprint density at radius 2 is 2.08 bits per heavy atom. The molecule has 1 aromatic carbocycles. The Morgan fingerprint density at radius 1 is 1.38 bits per heavy atom. The highest BCUT2D eigenvalue weighted by atomic mass is 35.5. The summed E-state index contributed by atoms with van der Waals surface area (Å²) < 4.78 is 5.09. The van der Waals surface area contributed by atoms with Crippen molar-refractivity contribution in [3.8, 4) is 17.6 Å². The second-order valence-electron chi connectivity index (χ2n) is 7.56. The number of ketones is 1. The number of nitrogens with zero attached hydrogens (tertiary/aromatic N) is 1. The van der Waals surface area contributed by atoms with Crippen LogP contribution in [0.3, 0.4) is 0 Å². The number of allylic oxidation sites excluding steroid dienone is 4. The van der Waals surface area contributed by atoms with Gasteiger partial charge >= 0.3 is 0 Å². The summed E-state index contributed by atoms with van der Waals surface area (Å²) in [5, 5.41) is 23.4. The molecule has 1 atom stereocenters. The Bertz CT molecular complexity index is 906. The van der Waals surface area contributed by atoms with E-state index in [-0.39, 0.29) is 27.7 Å². The highest BCUT2D eigenvalue weighted by molar-refractivity contribution is 6.33. The maximum atomic E-state index is 13.0. The fraction of sp³-hybridized carbons (Fsp3) is 0.400. The van der Waals surface area contributed by atoms with Gasteiger partial charge in [0.25, 0.3) is 0 Å². The van der Waals surface area contributed by atoms with Gasteiger partial charge in [0.1, 0.15) is 0 Å². The first-order valence-corrected chi connectivity index (χ1v) is 8.77. The summed E-state index contributed by atoms with van der Waals surface area (Å²) in [4.78, 5) is 13.0. The standard InChI is InChI=1S/C20H21ClN2O3/c1-10-12(9-22)16(11-5-6-15(26-4)19(25)18(11)21)17-13(23-10)7-20(2,3)8-14(17)24/h5-6,16,23,25H,7-8H2,1-4H3/t16-/m0/s1. The Morgan fingerprint density at radius 3 is 2.69 bits per heavy atom. The van der Waals surface area contributed by atoms with Gasteiger partial charge in [-0.3, -0.25) is 4.79 Å². The van der Waals surface area contributed by atoms with E-state index in [0.29, 0.717) is 35.2 Å². The molecule has 1 aliphatic carbocycles. The molecule has 0 fully saturated rings. The number of Topliss-reactive ketones (excluding diaryl/α,β-unsaturated/α-hetero) is 1. The molecule has 6 heteroatoms. The van der Waals surface area contributed by atoms with Crippen molar-refractivity contribution in [2.24, 2.45) is 5.41 Å². The molecule has 0 saturated carbocycles. The lowest BCUT2D eigenvalue weighted by atomic mass is 9.69. The number of methoxy groups -OCH3 is 1. The van der Waals surface area contributed by atoms with E-state index in [9.17, 15) is 15.2 Å². The van der Waals surface area contributed by atoms with Gasteiger partial charge in [0.2, 0.25) is 0 Å². The number of dihydropyridines is 1. The number of rotatable bonds is 2. The summed E-state index contributed by atoms with van der Waals surface area (Å²) in [6, 6.07) is 5.52. The van der Waals surface area contributed by atoms with Gasteiger partial charge in [-0.1, -0.05) is 31.5 Å². The smallest absolute Gasteiger partial charge is 0.177 e. The molecule has 0 saturated heterocycles. The van der Waals surface area contributed by atoms with Gasteiger partial charge in [-0.25, -0.2) is 0 Å². The van der Waals surface area contributed by atoms with Crippen LogP contribution in [-0.2, 0) is 4.79 Å². The Kier molecular flexibility index (Phi) is 4.49. The van der Waals surface area contributed by atoms with Crippen LogP contribution in [-0.4, -0.2) is 18.0 Å². The third-order valence-corrected chi connectivity index (χ3v) is 5.40. The first kappa shape index (κ1) is 18.3. The van der Waals surface area contributed by atoms with Gasteiger partial charge in [0.05, 0.1) is 29.7 Å². The number of carbonyl (C=O) groups excluding carboxylic acids is 1. The second-order valence-corrected chi connectivity index (χ2v) is 7.94. The number of phenols is 1. The first-order chi connectivity index (χ1) is 12.2. The summed E-state index contributed by atoms with van der Waals surface area (Å²) in [7, 11) is 1.44. The molecule has 0 aromatic heterocycles. The first-order valence-electron chi connectivity index (χ1n) is 8.39. The lowest BCUT2D eigenvalue weighted by Crippen LogP contribution is -2.36. The number of aromatic hydroxyl groups is 1. The molecule has 3 rings (SSSR count). The number of halogens is 1. The number of phenolic OH excluding ortho intramolecular Hbond substituents is 1. The Hall–Kier alpha value is -2.45. The zero-order chi connectivity index (χ0) is 19.2. The van der Waals surface area contributed by atoms with Crippen LogP contribution in [0.2, 0.25) is 5.02 Å². The molecule has 0 bridgehead atoms. The van der Waals surface area contributed by atoms with E-state index in [2.05, 4.69) is 25.2 Å². The van der Waals surface area contributed by atoms with Gasteiger partial charge in [0.15, 0.2) is 17.3 Å². The SMILES string of the molecule is COc1ccc([C@H]2C(C#N)=C(C)NC3=C2C(=O)CC(C)(C)C3)c(Cl)c1O. The molecule has 26 heavy (non-hydrogen) atoms. The minimum Gasteiger partial charge on any atom is -0.503 e. The van der Waals surface area contributed by atoms with Gasteiger partial charge in [0, 0.05) is 23.4 Å². The van der Waals surface area contributed by atoms with Gasteiger partial charge in [-0.05, 0) is 30.4 Å². The third-order valence-electron chi connectivity index (χ3n) is 5.00. The summed E-state index contributed by atoms with van der Waals surface area (Å²) in [6.45, 7) is 5.92. The van der Waals surface area contributed by atoms with Crippen LogP contribution in [0.25, 0.3) is 0 Å². The van der Waals surface area contributed by atoms with E-state index in [1.807, 2.05) is 6.92 Å². The van der Waals surface area contributed by atoms with Crippen molar-refractivity contribution >= 4 is 17.4 Å². The average Bonchev–Trinajstić information content (AvgIpc) is 2.55. The molecule has 136 valence electrons. The fourth-order valence-corrected chi connectivity index (χ4v) is 4.11. The monoisotopic (exact) mass is 372 g/mol. The van der Waals surface area contributed by atoms with E-state index in [0.717, 1.165) is 5.70 Å². The second kappa shape index (κ2) is 6.37. The van der Waals surface area contributed by atoms with Gasteiger partial charge < -0.3 is 15.2 Å². The van der Waals surface area contributed by atoms with Crippen LogP contribution in [0.1, 0.15) is 45.1 Å². The van der Waals surface area contributed by atoms with Crippen molar-refractivity contribution in [3.05, 3.63) is 45.3 Å². The average molecular weight is 373 g/mol. The predicted molar refractivity (Wildman–Crippen MR) is 98.9 cm³/mol. The van der Waals surface area contributed by atoms with Crippen LogP contribution in [0.4, 0.5) is 0 Å². The van der Waals surface area contributed by atoms with Crippen LogP contribution >= 0.6 is 11.6 Å². The molecule has 1 heterocycles. The Labute approximate surface area is 157 Å². The molecule has 5 nitrogen and oxygen atoms in total. The normalized spacial score (nSPS) is 21.8. The molecule has 0 radical (unpaired) electrons. The van der Waals surface area contributed by atoms with Gasteiger partial charge in [-0.2, -0.15) is 5.26 Å². The summed E-state index contributed by atoms with van der Waals surface area (Å²) in [5.41, 5.74) is 2.92. The fourth-order valence-electron chi connectivity index (χ4n) is 3.85. The van der Waals surface area contributed by atoms with Crippen molar-refractivity contribution in [2.45, 2.75) is 39.5 Å². The summed E-state index contributed by atoms with van der Waals surface area (Å²) >= 11 is 6.40. The van der Waals surface area contributed by atoms with E-state index in [4.69, 9.17) is 16.3 Å². The maximum Gasteiger partial charge on any atom is 0.177 e. The van der Waals surface area contributed by atoms with E-state index < -0.39 is 5.92 Å². The summed E-state index contributed by atoms with van der Waals surface area (Å²) in [5.74, 6) is -0.535. The van der Waals surface area contributed by atoms with Crippen LogP contribution in [0, 0.1) is 16.7 Å². The molecular formula is C20H21ClN2O3. The number of nitrogens with one attached hydrogen (secondary N) is 1. The number of ether oxygens (including phenoxy) is 1. The van der Waals surface area contributed by atoms with Crippen molar-refractivity contribution in [3.63, 3.8) is 0 Å². The van der Waals surface area contributed by atoms with Crippen LogP contribution in [0.5, 0.6) is 11.5 Å². The maximum absolute atomic E-state index is 13.0. The van der Waals surface area contributed by atoms with Crippen molar-refractivity contribution in [1.29, 1.82) is 5.26 Å². The molecule has 2 aliphatic rings. The molecule has 1 aliphatic heterocycles. The summed E-state index contributed by atoms with van der Waals surface area (Å²) in [6.07, 6.45) is 1.11. The quantitative estimate of drug-likeness (QED) is 0.813. The highest BCUT2D eigenvalue weighted by Crippen LogP contribution is 2.49. The number of carbonyl (C=O) groups is 1. The Balaban J connectivity index is 2.24. The number of hydrogen-bond donors (Lipinski definition) is 2. The number of benzene rings is 1. The largest absolute Gasteiger partial charge is 0.503 e. The van der Waals surface area contributed by atoms with Crippen molar-refractivity contribution < 1.29 is 14.6 Å².